The summed E-state index contributed by atoms with van der Waals surface area (Å²) in [5.74, 6) is -6.55. The molecule has 0 saturated carbocycles. The molecule has 0 aromatic heterocycles. The van der Waals surface area contributed by atoms with Crippen molar-refractivity contribution in [2.24, 2.45) is 5.73 Å². The molecule has 1 aliphatic heterocycles. The summed E-state index contributed by atoms with van der Waals surface area (Å²) in [7, 11) is 0. The topological polar surface area (TPSA) is 224 Å². The molecule has 2 rings (SSSR count). The van der Waals surface area contributed by atoms with Crippen LogP contribution in [0.3, 0.4) is 0 Å². The zero-order valence-corrected chi connectivity index (χ0v) is 21.6. The molecular formula is C24H28N6O10. The average molecular weight is 561 g/mol. The smallest absolute Gasteiger partial charge is 0.408 e. The Morgan fingerprint density at radius 3 is 2.15 bits per heavy atom. The predicted octanol–water partition coefficient (Wildman–Crippen LogP) is -1.69. The number of nitrogens with one attached hydrogen (secondary N) is 3. The van der Waals surface area contributed by atoms with E-state index >= 15 is 0 Å². The molecule has 1 heterocycles. The summed E-state index contributed by atoms with van der Waals surface area (Å²) in [5.41, 5.74) is 7.92. The maximum Gasteiger partial charge on any atom is 0.408 e. The number of hydrogen-bond donors (Lipinski definition) is 4. The van der Waals surface area contributed by atoms with E-state index in [-0.39, 0.29) is 24.5 Å². The number of imide groups is 1. The van der Waals surface area contributed by atoms with Crippen LogP contribution >= 0.6 is 0 Å². The summed E-state index contributed by atoms with van der Waals surface area (Å²) in [6.45, 7) is 1.78. The number of hydroxylamine groups is 2. The van der Waals surface area contributed by atoms with Gasteiger partial charge in [-0.25, -0.2) is 14.6 Å². The highest BCUT2D eigenvalue weighted by Crippen LogP contribution is 2.12. The van der Waals surface area contributed by atoms with Crippen LogP contribution in [-0.2, 0) is 49.7 Å². The summed E-state index contributed by atoms with van der Waals surface area (Å²) >= 11 is 0. The third kappa shape index (κ3) is 9.88. The number of nitrogens with zero attached hydrogens (tertiary/aromatic N) is 2. The maximum absolute atomic E-state index is 12.5. The summed E-state index contributed by atoms with van der Waals surface area (Å²) < 4.78 is 5.03. The first kappa shape index (κ1) is 30.9. The largest absolute Gasteiger partial charge is 0.445 e. The van der Waals surface area contributed by atoms with Gasteiger partial charge in [0.2, 0.25) is 11.8 Å². The highest BCUT2D eigenvalue weighted by atomic mass is 16.7. The van der Waals surface area contributed by atoms with Crippen LogP contribution in [0.15, 0.2) is 42.5 Å². The van der Waals surface area contributed by atoms with E-state index in [4.69, 9.17) is 10.5 Å². The van der Waals surface area contributed by atoms with Crippen molar-refractivity contribution < 1.29 is 47.9 Å². The summed E-state index contributed by atoms with van der Waals surface area (Å²) in [5, 5.41) is 5.36. The molecule has 1 aliphatic rings. The van der Waals surface area contributed by atoms with Crippen molar-refractivity contribution in [1.29, 1.82) is 0 Å². The Balaban J connectivity index is 1.87. The van der Waals surface area contributed by atoms with E-state index in [1.165, 1.54) is 13.8 Å². The molecule has 1 fully saturated rings. The van der Waals surface area contributed by atoms with Gasteiger partial charge in [0.25, 0.3) is 23.6 Å². The van der Waals surface area contributed by atoms with Crippen molar-refractivity contribution in [2.75, 3.05) is 6.54 Å². The fourth-order valence-electron chi connectivity index (χ4n) is 2.98. The number of hydrogen-bond acceptors (Lipinski definition) is 10. The van der Waals surface area contributed by atoms with E-state index in [9.17, 15) is 38.4 Å². The van der Waals surface area contributed by atoms with E-state index in [0.29, 0.717) is 17.2 Å². The van der Waals surface area contributed by atoms with Gasteiger partial charge in [-0.3, -0.25) is 34.2 Å². The highest BCUT2D eigenvalue weighted by Gasteiger charge is 2.32. The number of carbonyl (C=O) groups is 8. The minimum absolute atomic E-state index is 0.0236. The molecule has 0 aliphatic carbocycles. The SMILES string of the molecule is C[C@H](NC(=O)OCc1ccccc1)C(=O)N[C@@H](C)C(=O)NN(CC(N)=O)C(=O)/C=C/C(=O)ON1C(=O)CCC1=O. The van der Waals surface area contributed by atoms with Gasteiger partial charge in [-0.15, -0.1) is 5.06 Å². The minimum atomic E-state index is -1.26. The summed E-state index contributed by atoms with van der Waals surface area (Å²) in [6.07, 6.45) is 0.0408. The van der Waals surface area contributed by atoms with Gasteiger partial charge in [0.05, 0.1) is 0 Å². The fourth-order valence-corrected chi connectivity index (χ4v) is 2.98. The monoisotopic (exact) mass is 560 g/mol. The van der Waals surface area contributed by atoms with Crippen LogP contribution in [0.2, 0.25) is 0 Å². The Kier molecular flexibility index (Phi) is 11.3. The summed E-state index contributed by atoms with van der Waals surface area (Å²) in [4.78, 5) is 100. The van der Waals surface area contributed by atoms with Crippen LogP contribution in [-0.4, -0.2) is 76.2 Å². The molecule has 0 bridgehead atoms. The van der Waals surface area contributed by atoms with Crippen molar-refractivity contribution in [3.8, 4) is 0 Å². The van der Waals surface area contributed by atoms with Crippen molar-refractivity contribution in [3.63, 3.8) is 0 Å². The minimum Gasteiger partial charge on any atom is -0.445 e. The Labute approximate surface area is 227 Å². The number of primary amides is 1. The first-order valence-electron chi connectivity index (χ1n) is 11.8. The fraction of sp³-hybridized carbons (Fsp3) is 0.333. The van der Waals surface area contributed by atoms with Crippen LogP contribution in [0.1, 0.15) is 32.3 Å². The third-order valence-electron chi connectivity index (χ3n) is 5.07. The molecule has 1 aromatic rings. The Bertz CT molecular complexity index is 1190. The van der Waals surface area contributed by atoms with Gasteiger partial charge in [0.15, 0.2) is 0 Å². The highest BCUT2D eigenvalue weighted by molar-refractivity contribution is 6.03. The van der Waals surface area contributed by atoms with Crippen LogP contribution in [0.4, 0.5) is 4.79 Å². The van der Waals surface area contributed by atoms with Gasteiger partial charge in [-0.1, -0.05) is 30.3 Å². The third-order valence-corrected chi connectivity index (χ3v) is 5.07. The predicted molar refractivity (Wildman–Crippen MR) is 132 cm³/mol. The van der Waals surface area contributed by atoms with E-state index < -0.39 is 66.1 Å². The normalized spacial score (nSPS) is 14.2. The van der Waals surface area contributed by atoms with E-state index in [1.807, 2.05) is 0 Å². The Hall–Kier alpha value is -5.28. The second-order valence-electron chi connectivity index (χ2n) is 8.35. The molecule has 16 heteroatoms. The first-order chi connectivity index (χ1) is 18.9. The molecule has 40 heavy (non-hydrogen) atoms. The quantitative estimate of drug-likeness (QED) is 0.137. The van der Waals surface area contributed by atoms with Gasteiger partial charge in [-0.2, -0.15) is 0 Å². The van der Waals surface area contributed by atoms with E-state index in [0.717, 1.165) is 5.56 Å². The van der Waals surface area contributed by atoms with Crippen molar-refractivity contribution in [2.45, 2.75) is 45.4 Å². The zero-order valence-electron chi connectivity index (χ0n) is 21.6. The summed E-state index contributed by atoms with van der Waals surface area (Å²) in [6, 6.07) is 6.46. The first-order valence-corrected chi connectivity index (χ1v) is 11.8. The number of amides is 7. The number of ether oxygens (including phenoxy) is 1. The lowest BCUT2D eigenvalue weighted by Crippen LogP contribution is -2.56. The van der Waals surface area contributed by atoms with Crippen LogP contribution in [0.5, 0.6) is 0 Å². The number of carbonyl (C=O) groups excluding carboxylic acids is 8. The standard InChI is InChI=1S/C24H28N6O10/c1-14(27-24(38)39-13-16-6-4-3-5-7-16)22(36)26-15(2)23(37)28-29(12-17(25)31)18(32)10-11-21(35)40-30-19(33)8-9-20(30)34/h3-7,10-11,14-15H,8-9,12-13H2,1-2H3,(H2,25,31)(H,26,36)(H,27,38)(H,28,37)/b11-10+/t14-,15-/m0/s1. The second-order valence-corrected chi connectivity index (χ2v) is 8.35. The lowest BCUT2D eigenvalue weighted by Gasteiger charge is -2.24. The van der Waals surface area contributed by atoms with E-state index in [1.54, 1.807) is 30.3 Å². The molecule has 2 atom stereocenters. The van der Waals surface area contributed by atoms with Crippen molar-refractivity contribution >= 4 is 47.5 Å². The molecule has 1 saturated heterocycles. The Morgan fingerprint density at radius 1 is 0.950 bits per heavy atom. The van der Waals surface area contributed by atoms with Gasteiger partial charge in [-0.05, 0) is 19.4 Å². The molecule has 0 radical (unpaired) electrons. The van der Waals surface area contributed by atoms with Gasteiger partial charge >= 0.3 is 12.1 Å². The zero-order chi connectivity index (χ0) is 29.8. The van der Waals surface area contributed by atoms with Crippen LogP contribution < -0.4 is 21.8 Å². The molecule has 0 spiro atoms. The maximum atomic E-state index is 12.5. The number of benzene rings is 1. The van der Waals surface area contributed by atoms with Gasteiger partial charge in [0.1, 0.15) is 25.2 Å². The Morgan fingerprint density at radius 2 is 1.55 bits per heavy atom. The van der Waals surface area contributed by atoms with E-state index in [2.05, 4.69) is 20.9 Å². The van der Waals surface area contributed by atoms with Crippen LogP contribution in [0, 0.1) is 0 Å². The number of nitrogens with two attached hydrogens (primary N) is 1. The van der Waals surface area contributed by atoms with Crippen molar-refractivity contribution in [1.82, 2.24) is 26.1 Å². The number of rotatable bonds is 11. The lowest BCUT2D eigenvalue weighted by molar-refractivity contribution is -0.193. The van der Waals surface area contributed by atoms with Gasteiger partial charge in [0, 0.05) is 25.0 Å². The molecule has 16 nitrogen and oxygen atoms in total. The van der Waals surface area contributed by atoms with Crippen LogP contribution in [0.25, 0.3) is 0 Å². The molecule has 5 N–H and O–H groups in total. The van der Waals surface area contributed by atoms with Gasteiger partial charge < -0.3 is 25.9 Å². The lowest BCUT2D eigenvalue weighted by atomic mass is 10.2. The molecular weight excluding hydrogens is 532 g/mol. The average Bonchev–Trinajstić information content (AvgIpc) is 3.22. The van der Waals surface area contributed by atoms with Crippen molar-refractivity contribution in [3.05, 3.63) is 48.0 Å². The molecule has 214 valence electrons. The molecule has 1 aromatic carbocycles. The second kappa shape index (κ2) is 14.6. The molecule has 0 unspecified atom stereocenters. The number of hydrazine groups is 1. The number of alkyl carbamates (subject to hydrolysis) is 1. The molecule has 7 amide bonds.